The molecule has 2 aromatic rings. The highest BCUT2D eigenvalue weighted by molar-refractivity contribution is 5.72. The van der Waals surface area contributed by atoms with Gasteiger partial charge in [0.1, 0.15) is 5.52 Å². The van der Waals surface area contributed by atoms with Gasteiger partial charge in [0.15, 0.2) is 5.58 Å². The predicted octanol–water partition coefficient (Wildman–Crippen LogP) is 2.39. The van der Waals surface area contributed by atoms with Crippen molar-refractivity contribution < 1.29 is 4.42 Å². The van der Waals surface area contributed by atoms with E-state index in [1.54, 1.807) is 0 Å². The summed E-state index contributed by atoms with van der Waals surface area (Å²) in [4.78, 5) is 6.94. The maximum atomic E-state index is 6.14. The molecule has 2 unspecified atom stereocenters. The van der Waals surface area contributed by atoms with Gasteiger partial charge in [-0.25, -0.2) is 4.98 Å². The molecule has 1 aliphatic rings. The molecule has 1 aromatic heterocycles. The molecule has 4 nitrogen and oxygen atoms in total. The Balaban J connectivity index is 1.71. The number of hydrogen-bond donors (Lipinski definition) is 1. The molecule has 1 aliphatic heterocycles. The minimum Gasteiger partial charge on any atom is -0.439 e. The van der Waals surface area contributed by atoms with E-state index in [0.717, 1.165) is 49.5 Å². The fourth-order valence-electron chi connectivity index (χ4n) is 2.88. The van der Waals surface area contributed by atoms with Crippen LogP contribution >= 0.6 is 0 Å². The number of oxazole rings is 1. The topological polar surface area (TPSA) is 55.3 Å². The van der Waals surface area contributed by atoms with Crippen molar-refractivity contribution in [2.24, 2.45) is 11.7 Å². The van der Waals surface area contributed by atoms with Gasteiger partial charge < -0.3 is 10.2 Å². The van der Waals surface area contributed by atoms with Crippen LogP contribution in [0.4, 0.5) is 0 Å². The summed E-state index contributed by atoms with van der Waals surface area (Å²) in [6.45, 7) is 5.10. The van der Waals surface area contributed by atoms with Gasteiger partial charge in [-0.15, -0.1) is 0 Å². The lowest BCUT2D eigenvalue weighted by atomic mass is 9.91. The number of likely N-dealkylation sites (tertiary alicyclic amines) is 1. The molecule has 0 bridgehead atoms. The lowest BCUT2D eigenvalue weighted by molar-refractivity contribution is 0.135. The van der Waals surface area contributed by atoms with Gasteiger partial charge in [0, 0.05) is 19.1 Å². The molecule has 1 saturated heterocycles. The minimum absolute atomic E-state index is 0.352. The third-order valence-electron chi connectivity index (χ3n) is 4.10. The molecule has 0 radical (unpaired) electrons. The van der Waals surface area contributed by atoms with Crippen LogP contribution in [0, 0.1) is 5.92 Å². The van der Waals surface area contributed by atoms with Gasteiger partial charge in [0.25, 0.3) is 0 Å². The third kappa shape index (κ3) is 2.65. The Hall–Kier alpha value is -1.39. The summed E-state index contributed by atoms with van der Waals surface area (Å²) in [5.41, 5.74) is 7.96. The van der Waals surface area contributed by atoms with Crippen LogP contribution in [0.3, 0.4) is 0 Å². The standard InChI is InChI=1S/C15H21N3O/c1-2-11-9-18(8-7-12(11)16)10-15-17-13-5-3-4-6-14(13)19-15/h3-6,11-12H,2,7-10,16H2,1H3. The van der Waals surface area contributed by atoms with E-state index in [-0.39, 0.29) is 0 Å². The second-order valence-corrected chi connectivity index (χ2v) is 5.43. The van der Waals surface area contributed by atoms with E-state index in [1.807, 2.05) is 24.3 Å². The quantitative estimate of drug-likeness (QED) is 0.919. The van der Waals surface area contributed by atoms with Crippen molar-refractivity contribution in [3.63, 3.8) is 0 Å². The van der Waals surface area contributed by atoms with Gasteiger partial charge >= 0.3 is 0 Å². The Morgan fingerprint density at radius 1 is 1.42 bits per heavy atom. The van der Waals surface area contributed by atoms with E-state index in [2.05, 4.69) is 16.8 Å². The minimum atomic E-state index is 0.352. The highest BCUT2D eigenvalue weighted by Gasteiger charge is 2.26. The molecule has 19 heavy (non-hydrogen) atoms. The molecular formula is C15H21N3O. The Morgan fingerprint density at radius 3 is 3.05 bits per heavy atom. The molecule has 0 aliphatic carbocycles. The van der Waals surface area contributed by atoms with Crippen molar-refractivity contribution in [1.29, 1.82) is 0 Å². The normalized spacial score (nSPS) is 24.9. The summed E-state index contributed by atoms with van der Waals surface area (Å²) < 4.78 is 5.78. The smallest absolute Gasteiger partial charge is 0.209 e. The van der Waals surface area contributed by atoms with Crippen LogP contribution in [0.25, 0.3) is 11.1 Å². The number of hydrogen-bond acceptors (Lipinski definition) is 4. The van der Waals surface area contributed by atoms with Crippen LogP contribution in [0.2, 0.25) is 0 Å². The monoisotopic (exact) mass is 259 g/mol. The van der Waals surface area contributed by atoms with E-state index in [9.17, 15) is 0 Å². The molecule has 3 rings (SSSR count). The summed E-state index contributed by atoms with van der Waals surface area (Å²) in [5.74, 6) is 1.41. The Morgan fingerprint density at radius 2 is 2.26 bits per heavy atom. The number of nitrogens with two attached hydrogens (primary N) is 1. The van der Waals surface area contributed by atoms with E-state index in [1.165, 1.54) is 0 Å². The summed E-state index contributed by atoms with van der Waals surface area (Å²) >= 11 is 0. The second-order valence-electron chi connectivity index (χ2n) is 5.43. The average Bonchev–Trinajstić information content (AvgIpc) is 2.83. The number of benzene rings is 1. The maximum absolute atomic E-state index is 6.14. The molecule has 1 fully saturated rings. The molecule has 0 saturated carbocycles. The van der Waals surface area contributed by atoms with Crippen molar-refractivity contribution in [2.45, 2.75) is 32.4 Å². The molecule has 0 amide bonds. The van der Waals surface area contributed by atoms with Crippen molar-refractivity contribution in [3.8, 4) is 0 Å². The number of fused-ring (bicyclic) bond motifs is 1. The summed E-state index contributed by atoms with van der Waals surface area (Å²) in [6.07, 6.45) is 2.21. The Bertz CT molecular complexity index is 518. The highest BCUT2D eigenvalue weighted by Crippen LogP contribution is 2.21. The van der Waals surface area contributed by atoms with Crippen molar-refractivity contribution >= 4 is 11.1 Å². The van der Waals surface area contributed by atoms with Gasteiger partial charge in [-0.3, -0.25) is 4.90 Å². The van der Waals surface area contributed by atoms with Gasteiger partial charge in [0.05, 0.1) is 6.54 Å². The first-order chi connectivity index (χ1) is 9.26. The average molecular weight is 259 g/mol. The van der Waals surface area contributed by atoms with Crippen LogP contribution in [-0.2, 0) is 6.54 Å². The van der Waals surface area contributed by atoms with E-state index in [0.29, 0.717) is 12.0 Å². The van der Waals surface area contributed by atoms with Gasteiger partial charge in [-0.2, -0.15) is 0 Å². The number of nitrogens with zero attached hydrogens (tertiary/aromatic N) is 2. The van der Waals surface area contributed by atoms with E-state index < -0.39 is 0 Å². The van der Waals surface area contributed by atoms with Gasteiger partial charge in [0.2, 0.25) is 5.89 Å². The predicted molar refractivity (Wildman–Crippen MR) is 75.7 cm³/mol. The zero-order valence-corrected chi connectivity index (χ0v) is 11.4. The molecule has 102 valence electrons. The SMILES string of the molecule is CCC1CN(Cc2nc3ccccc3o2)CCC1N. The number of rotatable bonds is 3. The maximum Gasteiger partial charge on any atom is 0.209 e. The largest absolute Gasteiger partial charge is 0.439 e. The molecule has 1 aromatic carbocycles. The van der Waals surface area contributed by atoms with Crippen LogP contribution in [0.1, 0.15) is 25.7 Å². The fraction of sp³-hybridized carbons (Fsp3) is 0.533. The Kier molecular flexibility index (Phi) is 3.53. The van der Waals surface area contributed by atoms with Crippen LogP contribution in [-0.4, -0.2) is 29.0 Å². The number of aromatic nitrogens is 1. The number of para-hydroxylation sites is 2. The van der Waals surface area contributed by atoms with Crippen LogP contribution in [0.15, 0.2) is 28.7 Å². The van der Waals surface area contributed by atoms with Crippen LogP contribution in [0.5, 0.6) is 0 Å². The first-order valence-electron chi connectivity index (χ1n) is 7.08. The Labute approximate surface area is 113 Å². The fourth-order valence-corrected chi connectivity index (χ4v) is 2.88. The first-order valence-corrected chi connectivity index (χ1v) is 7.08. The summed E-state index contributed by atoms with van der Waals surface area (Å²) in [5, 5.41) is 0. The molecular weight excluding hydrogens is 238 g/mol. The third-order valence-corrected chi connectivity index (χ3v) is 4.10. The van der Waals surface area contributed by atoms with Gasteiger partial charge in [-0.05, 0) is 24.5 Å². The second kappa shape index (κ2) is 5.31. The summed E-state index contributed by atoms with van der Waals surface area (Å²) in [7, 11) is 0. The molecule has 2 atom stereocenters. The van der Waals surface area contributed by atoms with Crippen LogP contribution < -0.4 is 5.73 Å². The number of piperidine rings is 1. The summed E-state index contributed by atoms with van der Waals surface area (Å²) in [6, 6.07) is 8.27. The lowest BCUT2D eigenvalue weighted by Gasteiger charge is -2.35. The van der Waals surface area contributed by atoms with Crippen molar-refractivity contribution in [3.05, 3.63) is 30.2 Å². The van der Waals surface area contributed by atoms with E-state index in [4.69, 9.17) is 10.2 Å². The zero-order chi connectivity index (χ0) is 13.2. The van der Waals surface area contributed by atoms with Gasteiger partial charge in [-0.1, -0.05) is 25.5 Å². The lowest BCUT2D eigenvalue weighted by Crippen LogP contribution is -2.46. The molecule has 2 N–H and O–H groups in total. The first kappa shape index (κ1) is 12.6. The molecule has 0 spiro atoms. The van der Waals surface area contributed by atoms with Crippen molar-refractivity contribution in [1.82, 2.24) is 9.88 Å². The highest BCUT2D eigenvalue weighted by atomic mass is 16.3. The molecule has 2 heterocycles. The molecule has 4 heteroatoms. The zero-order valence-electron chi connectivity index (χ0n) is 11.4. The van der Waals surface area contributed by atoms with Crippen molar-refractivity contribution in [2.75, 3.05) is 13.1 Å². The van der Waals surface area contributed by atoms with E-state index >= 15 is 0 Å².